The molecule has 0 heteroatoms. The molecule has 0 fully saturated rings. The van der Waals surface area contributed by atoms with Gasteiger partial charge in [-0.1, -0.05) is 18.2 Å². The monoisotopic (exact) mass is 173 g/mol. The molecule has 0 aliphatic carbocycles. The van der Waals surface area contributed by atoms with Crippen LogP contribution in [-0.2, 0) is 0 Å². The first-order chi connectivity index (χ1) is 6.06. The van der Waals surface area contributed by atoms with Crippen molar-refractivity contribution in [3.8, 4) is 0 Å². The highest BCUT2D eigenvalue weighted by molar-refractivity contribution is 5.40. The Morgan fingerprint density at radius 3 is 2.15 bits per heavy atom. The summed E-state index contributed by atoms with van der Waals surface area (Å²) in [4.78, 5) is 0. The van der Waals surface area contributed by atoms with Crippen LogP contribution in [0, 0.1) is 27.7 Å². The summed E-state index contributed by atoms with van der Waals surface area (Å²) >= 11 is 0. The fourth-order valence-corrected chi connectivity index (χ4v) is 1.51. The molecule has 0 amide bonds. The molecule has 1 radical (unpaired) electrons. The van der Waals surface area contributed by atoms with E-state index in [1.54, 1.807) is 0 Å². The number of hydrogen-bond donors (Lipinski definition) is 0. The summed E-state index contributed by atoms with van der Waals surface area (Å²) in [6.45, 7) is 14.2. The second kappa shape index (κ2) is 3.78. The molecule has 13 heavy (non-hydrogen) atoms. The number of benzene rings is 1. The third-order valence-electron chi connectivity index (χ3n) is 2.57. The number of rotatable bonds is 2. The van der Waals surface area contributed by atoms with Gasteiger partial charge in [-0.2, -0.15) is 0 Å². The van der Waals surface area contributed by atoms with Crippen LogP contribution in [0.15, 0.2) is 24.8 Å². The van der Waals surface area contributed by atoms with Gasteiger partial charge >= 0.3 is 0 Å². The molecule has 69 valence electrons. The van der Waals surface area contributed by atoms with E-state index in [0.717, 1.165) is 0 Å². The Morgan fingerprint density at radius 1 is 1.08 bits per heavy atom. The summed E-state index contributed by atoms with van der Waals surface area (Å²) in [5.74, 6) is 0.208. The molecule has 1 rings (SSSR count). The Morgan fingerprint density at radius 2 is 1.62 bits per heavy atom. The van der Waals surface area contributed by atoms with Gasteiger partial charge in [-0.05, 0) is 49.9 Å². The van der Waals surface area contributed by atoms with Gasteiger partial charge < -0.3 is 0 Å². The molecule has 0 aliphatic rings. The molecule has 0 saturated carbocycles. The van der Waals surface area contributed by atoms with E-state index in [2.05, 4.69) is 46.4 Å². The predicted octanol–water partition coefficient (Wildman–Crippen LogP) is 3.72. The van der Waals surface area contributed by atoms with E-state index in [9.17, 15) is 0 Å². The van der Waals surface area contributed by atoms with Crippen LogP contribution in [0.3, 0.4) is 0 Å². The van der Waals surface area contributed by atoms with E-state index < -0.39 is 0 Å². The van der Waals surface area contributed by atoms with Gasteiger partial charge in [0.15, 0.2) is 0 Å². The first-order valence-corrected chi connectivity index (χ1v) is 4.59. The van der Waals surface area contributed by atoms with Crippen molar-refractivity contribution in [3.63, 3.8) is 0 Å². The van der Waals surface area contributed by atoms with E-state index >= 15 is 0 Å². The normalized spacial score (nSPS) is 12.6. The Bertz CT molecular complexity index is 321. The minimum Gasteiger partial charge on any atom is -0.102 e. The zero-order valence-electron chi connectivity index (χ0n) is 8.72. The van der Waals surface area contributed by atoms with Crippen molar-refractivity contribution in [2.24, 2.45) is 0 Å². The fourth-order valence-electron chi connectivity index (χ4n) is 1.51. The van der Waals surface area contributed by atoms with Gasteiger partial charge in [-0.25, -0.2) is 0 Å². The lowest BCUT2D eigenvalue weighted by Crippen LogP contribution is -1.96. The highest BCUT2D eigenvalue weighted by Crippen LogP contribution is 2.23. The Labute approximate surface area is 81.3 Å². The molecular weight excluding hydrogens is 156 g/mol. The maximum absolute atomic E-state index is 4.04. The molecule has 0 aromatic heterocycles. The van der Waals surface area contributed by atoms with E-state index in [-0.39, 0.29) is 5.92 Å². The molecule has 1 atom stereocenters. The quantitative estimate of drug-likeness (QED) is 0.598. The van der Waals surface area contributed by atoms with Crippen LogP contribution in [0.25, 0.3) is 0 Å². The SMILES string of the molecule is [CH2]C(C=C)c1cc(C)c(C)cc1C. The van der Waals surface area contributed by atoms with Crippen molar-refractivity contribution in [1.82, 2.24) is 0 Å². The maximum Gasteiger partial charge on any atom is 0.00183 e. The third kappa shape index (κ3) is 2.00. The summed E-state index contributed by atoms with van der Waals surface area (Å²) < 4.78 is 0. The molecule has 1 unspecified atom stereocenters. The summed E-state index contributed by atoms with van der Waals surface area (Å²) in [6.07, 6.45) is 1.89. The van der Waals surface area contributed by atoms with Crippen molar-refractivity contribution in [3.05, 3.63) is 54.0 Å². The third-order valence-corrected chi connectivity index (χ3v) is 2.57. The molecule has 1 aromatic rings. The summed E-state index contributed by atoms with van der Waals surface area (Å²) in [6, 6.07) is 4.43. The zero-order chi connectivity index (χ0) is 10.0. The molecule has 0 N–H and O–H groups in total. The zero-order valence-corrected chi connectivity index (χ0v) is 8.72. The predicted molar refractivity (Wildman–Crippen MR) is 58.9 cm³/mol. The standard InChI is InChI=1S/C13H17/c1-6-9(2)13-8-11(4)10(3)7-12(13)5/h6-9H,1-2H2,3-5H3. The van der Waals surface area contributed by atoms with E-state index in [4.69, 9.17) is 0 Å². The number of allylic oxidation sites excluding steroid dienone is 1. The Kier molecular flexibility index (Phi) is 2.92. The minimum absolute atomic E-state index is 0.208. The molecule has 0 saturated heterocycles. The minimum atomic E-state index is 0.208. The van der Waals surface area contributed by atoms with Crippen LogP contribution in [0.5, 0.6) is 0 Å². The highest BCUT2D eigenvalue weighted by Gasteiger charge is 2.06. The van der Waals surface area contributed by atoms with Crippen molar-refractivity contribution in [2.45, 2.75) is 26.7 Å². The topological polar surface area (TPSA) is 0 Å². The molecule has 0 bridgehead atoms. The first kappa shape index (κ1) is 10.0. The van der Waals surface area contributed by atoms with Crippen LogP contribution in [0.4, 0.5) is 0 Å². The molecule has 0 heterocycles. The average molecular weight is 173 g/mol. The van der Waals surface area contributed by atoms with Crippen LogP contribution < -0.4 is 0 Å². The van der Waals surface area contributed by atoms with Crippen LogP contribution in [0.1, 0.15) is 28.2 Å². The second-order valence-electron chi connectivity index (χ2n) is 3.64. The summed E-state index contributed by atoms with van der Waals surface area (Å²) in [5.41, 5.74) is 5.27. The molecule has 1 aromatic carbocycles. The lowest BCUT2D eigenvalue weighted by atomic mass is 9.92. The van der Waals surface area contributed by atoms with Crippen molar-refractivity contribution < 1.29 is 0 Å². The average Bonchev–Trinajstić information content (AvgIpc) is 2.10. The largest absolute Gasteiger partial charge is 0.102 e. The number of hydrogen-bond acceptors (Lipinski definition) is 0. The van der Waals surface area contributed by atoms with Gasteiger partial charge in [0.2, 0.25) is 0 Å². The summed E-state index contributed by atoms with van der Waals surface area (Å²) in [5, 5.41) is 0. The highest BCUT2D eigenvalue weighted by atomic mass is 14.1. The maximum atomic E-state index is 4.04. The Balaban J connectivity index is 3.22. The summed E-state index contributed by atoms with van der Waals surface area (Å²) in [7, 11) is 0. The van der Waals surface area contributed by atoms with Gasteiger partial charge in [0.25, 0.3) is 0 Å². The fraction of sp³-hybridized carbons (Fsp3) is 0.308. The Hall–Kier alpha value is -1.04. The van der Waals surface area contributed by atoms with E-state index in [1.165, 1.54) is 22.3 Å². The van der Waals surface area contributed by atoms with Gasteiger partial charge in [0.05, 0.1) is 0 Å². The van der Waals surface area contributed by atoms with Crippen LogP contribution >= 0.6 is 0 Å². The molecule has 0 nitrogen and oxygen atoms in total. The van der Waals surface area contributed by atoms with Crippen molar-refractivity contribution in [2.75, 3.05) is 0 Å². The molecule has 0 aliphatic heterocycles. The van der Waals surface area contributed by atoms with E-state index in [0.29, 0.717) is 0 Å². The smallest absolute Gasteiger partial charge is 0.00183 e. The van der Waals surface area contributed by atoms with Gasteiger partial charge in [-0.3, -0.25) is 0 Å². The van der Waals surface area contributed by atoms with Crippen molar-refractivity contribution >= 4 is 0 Å². The molecular formula is C13H17. The number of aryl methyl sites for hydroxylation is 3. The van der Waals surface area contributed by atoms with Crippen LogP contribution in [-0.4, -0.2) is 0 Å². The first-order valence-electron chi connectivity index (χ1n) is 4.59. The van der Waals surface area contributed by atoms with Gasteiger partial charge in [0, 0.05) is 5.92 Å². The lowest BCUT2D eigenvalue weighted by molar-refractivity contribution is 1.05. The second-order valence-corrected chi connectivity index (χ2v) is 3.64. The van der Waals surface area contributed by atoms with Crippen LogP contribution in [0.2, 0.25) is 0 Å². The van der Waals surface area contributed by atoms with Gasteiger partial charge in [0.1, 0.15) is 0 Å². The van der Waals surface area contributed by atoms with E-state index in [1.807, 2.05) is 6.08 Å². The van der Waals surface area contributed by atoms with Crippen molar-refractivity contribution in [1.29, 1.82) is 0 Å². The molecule has 0 spiro atoms. The van der Waals surface area contributed by atoms with Gasteiger partial charge in [-0.15, -0.1) is 6.58 Å². The lowest BCUT2D eigenvalue weighted by Gasteiger charge is -2.13.